The summed E-state index contributed by atoms with van der Waals surface area (Å²) < 4.78 is 0. The number of hydrogen-bond donors (Lipinski definition) is 1. The van der Waals surface area contributed by atoms with E-state index in [4.69, 9.17) is 0 Å². The summed E-state index contributed by atoms with van der Waals surface area (Å²) in [5.41, 5.74) is 2.56. The van der Waals surface area contributed by atoms with E-state index in [0.717, 1.165) is 0 Å². The van der Waals surface area contributed by atoms with Crippen LogP contribution in [0.5, 0.6) is 0 Å². The Balaban J connectivity index is 2.23. The van der Waals surface area contributed by atoms with Crippen molar-refractivity contribution in [1.29, 1.82) is 0 Å². The highest BCUT2D eigenvalue weighted by atomic mass is 14.9. The lowest BCUT2D eigenvalue weighted by Crippen LogP contribution is -2.14. The van der Waals surface area contributed by atoms with Gasteiger partial charge in [0, 0.05) is 11.7 Å². The molecule has 1 nitrogen and oxygen atoms in total. The van der Waals surface area contributed by atoms with Gasteiger partial charge in [0.15, 0.2) is 0 Å². The first-order chi connectivity index (χ1) is 7.72. The third kappa shape index (κ3) is 5.20. The highest BCUT2D eigenvalue weighted by Gasteiger charge is 2.01. The Labute approximate surface area is 100 Å². The molecule has 0 spiro atoms. The lowest BCUT2D eigenvalue weighted by atomic mass is 10.1. The lowest BCUT2D eigenvalue weighted by molar-refractivity contribution is 0.594. The number of rotatable bonds is 7. The Morgan fingerprint density at radius 3 is 2.38 bits per heavy atom. The molecule has 0 aliphatic rings. The summed E-state index contributed by atoms with van der Waals surface area (Å²) in [5.74, 6) is 0. The maximum absolute atomic E-state index is 3.55. The standard InChI is InChI=1S/C15H25N/c1-4-5-6-7-8-14(3)16-15-11-9-13(2)10-12-15/h9-12,14,16H,4-8H2,1-3H3/t14-/m0/s1. The van der Waals surface area contributed by atoms with Gasteiger partial charge in [-0.2, -0.15) is 0 Å². The third-order valence-electron chi connectivity index (χ3n) is 2.96. The van der Waals surface area contributed by atoms with Crippen LogP contribution in [-0.2, 0) is 0 Å². The van der Waals surface area contributed by atoms with Gasteiger partial charge in [-0.15, -0.1) is 0 Å². The third-order valence-corrected chi connectivity index (χ3v) is 2.96. The van der Waals surface area contributed by atoms with Crippen molar-refractivity contribution in [3.63, 3.8) is 0 Å². The molecule has 0 saturated heterocycles. The molecule has 90 valence electrons. The van der Waals surface area contributed by atoms with Crippen molar-refractivity contribution in [1.82, 2.24) is 0 Å². The Bertz CT molecular complexity index is 276. The van der Waals surface area contributed by atoms with E-state index in [1.807, 2.05) is 0 Å². The van der Waals surface area contributed by atoms with Crippen molar-refractivity contribution in [2.75, 3.05) is 5.32 Å². The molecule has 0 radical (unpaired) electrons. The highest BCUT2D eigenvalue weighted by molar-refractivity contribution is 5.44. The first-order valence-corrected chi connectivity index (χ1v) is 6.55. The molecule has 0 fully saturated rings. The normalized spacial score (nSPS) is 12.4. The zero-order valence-electron chi connectivity index (χ0n) is 10.9. The molecule has 16 heavy (non-hydrogen) atoms. The minimum atomic E-state index is 0.583. The van der Waals surface area contributed by atoms with E-state index in [9.17, 15) is 0 Å². The first kappa shape index (κ1) is 13.1. The van der Waals surface area contributed by atoms with E-state index in [1.54, 1.807) is 0 Å². The average molecular weight is 219 g/mol. The number of anilines is 1. The number of aryl methyl sites for hydroxylation is 1. The van der Waals surface area contributed by atoms with Gasteiger partial charge in [0.2, 0.25) is 0 Å². The molecule has 0 bridgehead atoms. The van der Waals surface area contributed by atoms with Gasteiger partial charge in [0.05, 0.1) is 0 Å². The molecular formula is C15H25N. The Kier molecular flexibility index (Phi) is 5.99. The van der Waals surface area contributed by atoms with Gasteiger partial charge >= 0.3 is 0 Å². The van der Waals surface area contributed by atoms with Gasteiger partial charge < -0.3 is 5.32 Å². The van der Waals surface area contributed by atoms with Crippen LogP contribution in [0, 0.1) is 6.92 Å². The second-order valence-corrected chi connectivity index (χ2v) is 4.76. The SMILES string of the molecule is CCCCCC[C@H](C)Nc1ccc(C)cc1. The predicted molar refractivity (Wildman–Crippen MR) is 73.0 cm³/mol. The molecule has 0 saturated carbocycles. The van der Waals surface area contributed by atoms with Gasteiger partial charge in [0.1, 0.15) is 0 Å². The van der Waals surface area contributed by atoms with Crippen LogP contribution in [0.4, 0.5) is 5.69 Å². The zero-order valence-corrected chi connectivity index (χ0v) is 10.9. The molecule has 0 aromatic heterocycles. The van der Waals surface area contributed by atoms with Gasteiger partial charge in [-0.05, 0) is 32.4 Å². The summed E-state index contributed by atoms with van der Waals surface area (Å²) in [6.45, 7) is 6.65. The molecular weight excluding hydrogens is 194 g/mol. The van der Waals surface area contributed by atoms with E-state index >= 15 is 0 Å². The van der Waals surface area contributed by atoms with E-state index in [-0.39, 0.29) is 0 Å². The molecule has 1 aromatic carbocycles. The van der Waals surface area contributed by atoms with Crippen molar-refractivity contribution in [3.05, 3.63) is 29.8 Å². The average Bonchev–Trinajstić information content (AvgIpc) is 2.28. The summed E-state index contributed by atoms with van der Waals surface area (Å²) in [6.07, 6.45) is 6.68. The Morgan fingerprint density at radius 2 is 1.75 bits per heavy atom. The van der Waals surface area contributed by atoms with Crippen LogP contribution in [0.3, 0.4) is 0 Å². The van der Waals surface area contributed by atoms with Crippen molar-refractivity contribution in [2.24, 2.45) is 0 Å². The number of unbranched alkanes of at least 4 members (excludes halogenated alkanes) is 3. The van der Waals surface area contributed by atoms with E-state index in [0.29, 0.717) is 6.04 Å². The Morgan fingerprint density at radius 1 is 1.06 bits per heavy atom. The Hall–Kier alpha value is -0.980. The minimum Gasteiger partial charge on any atom is -0.383 e. The van der Waals surface area contributed by atoms with Gasteiger partial charge in [-0.25, -0.2) is 0 Å². The maximum atomic E-state index is 3.55. The molecule has 0 unspecified atom stereocenters. The molecule has 1 aromatic rings. The predicted octanol–water partition coefficient (Wildman–Crippen LogP) is 4.77. The summed E-state index contributed by atoms with van der Waals surface area (Å²) in [6, 6.07) is 9.23. The molecule has 1 atom stereocenters. The molecule has 0 heterocycles. The van der Waals surface area contributed by atoms with Crippen molar-refractivity contribution in [3.8, 4) is 0 Å². The summed E-state index contributed by atoms with van der Waals surface area (Å²) in [5, 5.41) is 3.55. The van der Waals surface area contributed by atoms with Crippen LogP contribution in [0.15, 0.2) is 24.3 Å². The van der Waals surface area contributed by atoms with E-state index in [2.05, 4.69) is 50.4 Å². The fourth-order valence-corrected chi connectivity index (χ4v) is 1.88. The van der Waals surface area contributed by atoms with E-state index < -0.39 is 0 Å². The van der Waals surface area contributed by atoms with Crippen LogP contribution in [0.2, 0.25) is 0 Å². The fraction of sp³-hybridized carbons (Fsp3) is 0.600. The number of nitrogens with one attached hydrogen (secondary N) is 1. The topological polar surface area (TPSA) is 12.0 Å². The first-order valence-electron chi connectivity index (χ1n) is 6.55. The van der Waals surface area contributed by atoms with Crippen molar-refractivity contribution in [2.45, 2.75) is 58.9 Å². The van der Waals surface area contributed by atoms with Gasteiger partial charge in [0.25, 0.3) is 0 Å². The monoisotopic (exact) mass is 219 g/mol. The quantitative estimate of drug-likeness (QED) is 0.652. The minimum absolute atomic E-state index is 0.583. The second-order valence-electron chi connectivity index (χ2n) is 4.76. The lowest BCUT2D eigenvalue weighted by Gasteiger charge is -2.15. The molecule has 0 aliphatic carbocycles. The summed E-state index contributed by atoms with van der Waals surface area (Å²) >= 11 is 0. The van der Waals surface area contributed by atoms with Crippen LogP contribution >= 0.6 is 0 Å². The van der Waals surface area contributed by atoms with Crippen LogP contribution in [0.25, 0.3) is 0 Å². The van der Waals surface area contributed by atoms with Crippen LogP contribution < -0.4 is 5.32 Å². The molecule has 1 rings (SSSR count). The number of hydrogen-bond acceptors (Lipinski definition) is 1. The van der Waals surface area contributed by atoms with Crippen molar-refractivity contribution < 1.29 is 0 Å². The highest BCUT2D eigenvalue weighted by Crippen LogP contribution is 2.13. The van der Waals surface area contributed by atoms with Gasteiger partial charge in [-0.1, -0.05) is 50.3 Å². The van der Waals surface area contributed by atoms with Crippen molar-refractivity contribution >= 4 is 5.69 Å². The van der Waals surface area contributed by atoms with Gasteiger partial charge in [-0.3, -0.25) is 0 Å². The molecule has 1 heteroatoms. The summed E-state index contributed by atoms with van der Waals surface area (Å²) in [4.78, 5) is 0. The molecule has 1 N–H and O–H groups in total. The fourth-order valence-electron chi connectivity index (χ4n) is 1.88. The smallest absolute Gasteiger partial charge is 0.0342 e. The molecule has 0 aliphatic heterocycles. The largest absolute Gasteiger partial charge is 0.383 e. The van der Waals surface area contributed by atoms with E-state index in [1.165, 1.54) is 43.4 Å². The maximum Gasteiger partial charge on any atom is 0.0342 e. The zero-order chi connectivity index (χ0) is 11.8. The summed E-state index contributed by atoms with van der Waals surface area (Å²) in [7, 11) is 0. The van der Waals surface area contributed by atoms with Crippen LogP contribution in [-0.4, -0.2) is 6.04 Å². The van der Waals surface area contributed by atoms with Crippen LogP contribution in [0.1, 0.15) is 51.5 Å². The number of benzene rings is 1. The molecule has 0 amide bonds. The second kappa shape index (κ2) is 7.32.